The van der Waals surface area contributed by atoms with E-state index in [-0.39, 0.29) is 17.8 Å². The Morgan fingerprint density at radius 1 is 1.26 bits per heavy atom. The number of nitrogens with one attached hydrogen (secondary N) is 2. The van der Waals surface area contributed by atoms with E-state index >= 15 is 0 Å². The lowest BCUT2D eigenvalue weighted by atomic mass is 10.1. The molecule has 31 heavy (non-hydrogen) atoms. The van der Waals surface area contributed by atoms with E-state index < -0.39 is 15.8 Å². The molecule has 2 amide bonds. The minimum absolute atomic E-state index is 0.124. The van der Waals surface area contributed by atoms with E-state index in [0.29, 0.717) is 43.5 Å². The highest BCUT2D eigenvalue weighted by Crippen LogP contribution is 2.63. The zero-order chi connectivity index (χ0) is 22.2. The quantitative estimate of drug-likeness (QED) is 0.562. The van der Waals surface area contributed by atoms with Crippen molar-refractivity contribution >= 4 is 28.1 Å². The third-order valence-electron chi connectivity index (χ3n) is 5.70. The SMILES string of the molecule is CCNC(=O)Nc1ccc(-c2nc3c(c(N4CCOC[C@@H]4C)n2)C(C)S(O)(O)C3)cc1. The minimum Gasteiger partial charge on any atom is -0.377 e. The number of urea groups is 1. The maximum atomic E-state index is 11.7. The molecule has 2 aliphatic rings. The van der Waals surface area contributed by atoms with Crippen molar-refractivity contribution in [2.75, 3.05) is 36.5 Å². The van der Waals surface area contributed by atoms with E-state index in [0.717, 1.165) is 16.9 Å². The Hall–Kier alpha value is -2.40. The van der Waals surface area contributed by atoms with Crippen LogP contribution in [0, 0.1) is 0 Å². The van der Waals surface area contributed by atoms with Crippen LogP contribution in [0.3, 0.4) is 0 Å². The summed E-state index contributed by atoms with van der Waals surface area (Å²) in [5, 5.41) is 5.05. The Morgan fingerprint density at radius 3 is 2.68 bits per heavy atom. The zero-order valence-electron chi connectivity index (χ0n) is 18.0. The maximum Gasteiger partial charge on any atom is 0.319 e. The van der Waals surface area contributed by atoms with Crippen LogP contribution in [0.5, 0.6) is 0 Å². The van der Waals surface area contributed by atoms with Crippen molar-refractivity contribution in [3.05, 3.63) is 35.5 Å². The summed E-state index contributed by atoms with van der Waals surface area (Å²) in [6.07, 6.45) is 0. The van der Waals surface area contributed by atoms with Crippen LogP contribution >= 0.6 is 10.6 Å². The molecule has 2 aliphatic heterocycles. The van der Waals surface area contributed by atoms with Crippen molar-refractivity contribution in [2.45, 2.75) is 37.8 Å². The monoisotopic (exact) mass is 447 g/mol. The first-order valence-electron chi connectivity index (χ1n) is 10.5. The van der Waals surface area contributed by atoms with Crippen LogP contribution in [0.2, 0.25) is 0 Å². The van der Waals surface area contributed by atoms with E-state index in [4.69, 9.17) is 14.7 Å². The van der Waals surface area contributed by atoms with E-state index in [2.05, 4.69) is 22.5 Å². The second-order valence-corrected chi connectivity index (χ2v) is 10.3. The number of aromatic nitrogens is 2. The molecule has 1 fully saturated rings. The standard InChI is InChI=1S/C21H29N5O4S/c1-4-22-21(27)23-16-7-5-15(6-8-16)19-24-17-12-31(28,29)14(3)18(17)20(25-19)26-9-10-30-11-13(26)2/h5-8,13-14,28-29H,4,9-12H2,1-3H3,(H2,22,23,27)/t13-,14?/m0/s1. The van der Waals surface area contributed by atoms with Crippen LogP contribution in [0.4, 0.5) is 16.3 Å². The normalized spacial score (nSPS) is 23.2. The second kappa shape index (κ2) is 8.62. The zero-order valence-corrected chi connectivity index (χ0v) is 18.8. The maximum absolute atomic E-state index is 11.7. The molecule has 4 N–H and O–H groups in total. The van der Waals surface area contributed by atoms with Crippen molar-refractivity contribution < 1.29 is 18.6 Å². The number of carbonyl (C=O) groups excluding carboxylic acids is 1. The number of anilines is 2. The summed E-state index contributed by atoms with van der Waals surface area (Å²) in [5.41, 5.74) is 2.98. The first kappa shape index (κ1) is 21.8. The largest absolute Gasteiger partial charge is 0.377 e. The number of morpholine rings is 1. The molecule has 0 bridgehead atoms. The lowest BCUT2D eigenvalue weighted by Gasteiger charge is -2.37. The molecule has 1 aromatic carbocycles. The van der Waals surface area contributed by atoms with Gasteiger partial charge in [0.15, 0.2) is 5.82 Å². The van der Waals surface area contributed by atoms with E-state index in [1.165, 1.54) is 0 Å². The predicted octanol–water partition coefficient (Wildman–Crippen LogP) is 3.84. The smallest absolute Gasteiger partial charge is 0.319 e. The summed E-state index contributed by atoms with van der Waals surface area (Å²) >= 11 is 0. The van der Waals surface area contributed by atoms with Gasteiger partial charge < -0.3 is 20.3 Å². The fraction of sp³-hybridized carbons (Fsp3) is 0.476. The Bertz CT molecular complexity index is 969. The van der Waals surface area contributed by atoms with Gasteiger partial charge in [-0.25, -0.2) is 14.8 Å². The van der Waals surface area contributed by atoms with Crippen LogP contribution in [0.25, 0.3) is 11.4 Å². The van der Waals surface area contributed by atoms with Gasteiger partial charge in [0.2, 0.25) is 0 Å². The molecule has 1 saturated heterocycles. The van der Waals surface area contributed by atoms with Crippen LogP contribution in [-0.4, -0.2) is 57.4 Å². The van der Waals surface area contributed by atoms with Crippen molar-refractivity contribution in [3.8, 4) is 11.4 Å². The highest BCUT2D eigenvalue weighted by Gasteiger charge is 2.40. The number of nitrogens with zero attached hydrogens (tertiary/aromatic N) is 3. The Balaban J connectivity index is 1.71. The summed E-state index contributed by atoms with van der Waals surface area (Å²) < 4.78 is 26.7. The summed E-state index contributed by atoms with van der Waals surface area (Å²) in [4.78, 5) is 23.5. The molecule has 4 rings (SSSR count). The van der Waals surface area contributed by atoms with Gasteiger partial charge in [0, 0.05) is 29.9 Å². The van der Waals surface area contributed by atoms with Gasteiger partial charge in [-0.3, -0.25) is 9.11 Å². The van der Waals surface area contributed by atoms with Gasteiger partial charge in [-0.05, 0) is 45.0 Å². The molecule has 0 saturated carbocycles. The van der Waals surface area contributed by atoms with Gasteiger partial charge in [0.1, 0.15) is 5.82 Å². The molecule has 2 aromatic rings. The lowest BCUT2D eigenvalue weighted by Crippen LogP contribution is -2.44. The van der Waals surface area contributed by atoms with Crippen molar-refractivity contribution in [2.24, 2.45) is 0 Å². The first-order valence-corrected chi connectivity index (χ1v) is 12.2. The Morgan fingerprint density at radius 2 is 2.00 bits per heavy atom. The number of amides is 2. The fourth-order valence-electron chi connectivity index (χ4n) is 3.97. The van der Waals surface area contributed by atoms with Gasteiger partial charge in [-0.2, -0.15) is 10.6 Å². The summed E-state index contributed by atoms with van der Waals surface area (Å²) in [5.74, 6) is 1.42. The average Bonchev–Trinajstić information content (AvgIpc) is 2.97. The molecular formula is C21H29N5O4S. The number of hydrogen-bond acceptors (Lipinski definition) is 7. The van der Waals surface area contributed by atoms with Crippen molar-refractivity contribution in [1.82, 2.24) is 15.3 Å². The van der Waals surface area contributed by atoms with Gasteiger partial charge >= 0.3 is 6.03 Å². The summed E-state index contributed by atoms with van der Waals surface area (Å²) in [6.45, 7) is 8.20. The van der Waals surface area contributed by atoms with Crippen molar-refractivity contribution in [3.63, 3.8) is 0 Å². The van der Waals surface area contributed by atoms with Crippen LogP contribution in [0.1, 0.15) is 37.3 Å². The molecule has 2 atom stereocenters. The van der Waals surface area contributed by atoms with Crippen molar-refractivity contribution in [1.29, 1.82) is 0 Å². The third kappa shape index (κ3) is 4.33. The average molecular weight is 448 g/mol. The molecule has 168 valence electrons. The molecule has 0 spiro atoms. The Kier molecular flexibility index (Phi) is 6.07. The number of carbonyl (C=O) groups is 1. The molecule has 3 heterocycles. The van der Waals surface area contributed by atoms with Gasteiger partial charge in [0.25, 0.3) is 0 Å². The molecule has 10 heteroatoms. The number of rotatable bonds is 4. The highest BCUT2D eigenvalue weighted by atomic mass is 32.3. The molecule has 9 nitrogen and oxygen atoms in total. The first-order chi connectivity index (χ1) is 14.8. The molecule has 0 aliphatic carbocycles. The van der Waals surface area contributed by atoms with E-state index in [1.54, 1.807) is 12.1 Å². The summed E-state index contributed by atoms with van der Waals surface area (Å²) in [6, 6.07) is 7.17. The molecular weight excluding hydrogens is 418 g/mol. The molecule has 1 unspecified atom stereocenters. The highest BCUT2D eigenvalue weighted by molar-refractivity contribution is 8.24. The Labute approximate surface area is 183 Å². The number of fused-ring (bicyclic) bond motifs is 1. The van der Waals surface area contributed by atoms with Gasteiger partial charge in [-0.1, -0.05) is 0 Å². The number of benzene rings is 1. The number of hydrogen-bond donors (Lipinski definition) is 4. The van der Waals surface area contributed by atoms with Crippen LogP contribution in [-0.2, 0) is 10.5 Å². The molecule has 1 aromatic heterocycles. The topological polar surface area (TPSA) is 120 Å². The van der Waals surface area contributed by atoms with E-state index in [1.807, 2.05) is 26.0 Å². The predicted molar refractivity (Wildman–Crippen MR) is 123 cm³/mol. The van der Waals surface area contributed by atoms with E-state index in [9.17, 15) is 13.9 Å². The fourth-order valence-corrected chi connectivity index (χ4v) is 5.46. The third-order valence-corrected chi connectivity index (χ3v) is 7.77. The minimum atomic E-state index is -2.80. The van der Waals surface area contributed by atoms with Gasteiger partial charge in [-0.15, -0.1) is 0 Å². The molecule has 0 radical (unpaired) electrons. The van der Waals surface area contributed by atoms with Gasteiger partial charge in [0.05, 0.1) is 36.0 Å². The van der Waals surface area contributed by atoms with Crippen LogP contribution < -0.4 is 15.5 Å². The van der Waals surface area contributed by atoms with Crippen LogP contribution in [0.15, 0.2) is 24.3 Å². The second-order valence-electron chi connectivity index (χ2n) is 7.91. The summed E-state index contributed by atoms with van der Waals surface area (Å²) in [7, 11) is -2.80. The lowest BCUT2D eigenvalue weighted by molar-refractivity contribution is 0.0984. The number of ether oxygens (including phenoxy) is 1.